The summed E-state index contributed by atoms with van der Waals surface area (Å²) < 4.78 is 4.52. The van der Waals surface area contributed by atoms with Gasteiger partial charge in [-0.15, -0.1) is 0 Å². The number of β-amino-alcohol motifs (C(OH)–C–C–N with tert-alkyl or cyclic N) is 1. The zero-order valence-corrected chi connectivity index (χ0v) is 7.69. The molecule has 1 aliphatic rings. The maximum atomic E-state index is 11.1. The Morgan fingerprint density at radius 3 is 2.69 bits per heavy atom. The van der Waals surface area contributed by atoms with Crippen molar-refractivity contribution in [3.05, 3.63) is 0 Å². The third kappa shape index (κ3) is 2.00. The van der Waals surface area contributed by atoms with Gasteiger partial charge < -0.3 is 14.7 Å². The summed E-state index contributed by atoms with van der Waals surface area (Å²) in [6.07, 6.45) is -0.348. The first-order valence-corrected chi connectivity index (χ1v) is 4.09. The van der Waals surface area contributed by atoms with Crippen molar-refractivity contribution in [2.75, 3.05) is 13.7 Å². The molecule has 6 heteroatoms. The average Bonchev–Trinajstić information content (AvgIpc) is 2.46. The largest absolute Gasteiger partial charge is 0.467 e. The first-order valence-electron chi connectivity index (χ1n) is 4.09. The molecule has 0 bridgehead atoms. The third-order valence-electron chi connectivity index (χ3n) is 2.16. The van der Waals surface area contributed by atoms with E-state index in [0.717, 1.165) is 0 Å². The second-order valence-corrected chi connectivity index (χ2v) is 3.10. The predicted molar refractivity (Wildman–Crippen MR) is 47.1 cm³/mol. The highest BCUT2D eigenvalue weighted by atomic mass is 16.5. The number of hydrogen-bond donors (Lipinski definition) is 1. The number of carbonyl (C=O) groups excluding carboxylic acids is 2. The highest BCUT2D eigenvalue weighted by Gasteiger charge is 2.37. The second kappa shape index (κ2) is 3.78. The van der Waals surface area contributed by atoms with Crippen LogP contribution in [0.15, 0.2) is 0 Å². The number of carbonyl (C=O) groups is 2. The fraction of sp³-hybridized carbons (Fsp3) is 0.714. The van der Waals surface area contributed by atoms with Gasteiger partial charge in [0.1, 0.15) is 6.04 Å². The summed E-state index contributed by atoms with van der Waals surface area (Å²) in [6.45, 7) is 0.217. The smallest absolute Gasteiger partial charge is 0.328 e. The summed E-state index contributed by atoms with van der Waals surface area (Å²) in [6, 6.07) is -0.613. The number of rotatable bonds is 1. The van der Waals surface area contributed by atoms with Crippen molar-refractivity contribution in [2.24, 2.45) is 0 Å². The van der Waals surface area contributed by atoms with Crippen LogP contribution in [0.25, 0.3) is 0 Å². The van der Waals surface area contributed by atoms with Crippen LogP contribution in [0.2, 0.25) is 0 Å². The van der Waals surface area contributed by atoms with Crippen molar-refractivity contribution >= 4 is 19.6 Å². The third-order valence-corrected chi connectivity index (χ3v) is 2.16. The predicted octanol–water partition coefficient (Wildman–Crippen LogP) is -1.65. The van der Waals surface area contributed by atoms with E-state index >= 15 is 0 Å². The van der Waals surface area contributed by atoms with Crippen molar-refractivity contribution in [1.29, 1.82) is 0 Å². The highest BCUT2D eigenvalue weighted by Crippen LogP contribution is 2.18. The first-order chi connectivity index (χ1) is 6.06. The monoisotopic (exact) mass is 185 g/mol. The lowest BCUT2D eigenvalue weighted by atomic mass is 10.1. The average molecular weight is 185 g/mol. The number of hydrogen-bond acceptors (Lipinski definition) is 4. The Balaban J connectivity index is 2.71. The minimum Gasteiger partial charge on any atom is -0.467 e. The molecule has 0 aromatic rings. The van der Waals surface area contributed by atoms with Crippen molar-refractivity contribution in [3.63, 3.8) is 0 Å². The number of nitrogens with zero attached hydrogens (tertiary/aromatic N) is 1. The lowest BCUT2D eigenvalue weighted by molar-refractivity contribution is -0.144. The lowest BCUT2D eigenvalue weighted by Crippen LogP contribution is -2.40. The summed E-state index contributed by atoms with van der Waals surface area (Å²) >= 11 is 0. The summed E-state index contributed by atoms with van der Waals surface area (Å²) in [5.41, 5.74) is 0. The number of aliphatic hydroxyl groups is 1. The molecular formula is C7H12BNO4. The molecule has 1 aliphatic heterocycles. The molecule has 0 aliphatic carbocycles. The van der Waals surface area contributed by atoms with Crippen molar-refractivity contribution in [3.8, 4) is 0 Å². The van der Waals surface area contributed by atoms with Gasteiger partial charge in [0.2, 0.25) is 7.85 Å². The van der Waals surface area contributed by atoms with Crippen LogP contribution in [0.5, 0.6) is 0 Å². The van der Waals surface area contributed by atoms with Gasteiger partial charge in [-0.05, 0) is 0 Å². The molecule has 1 saturated heterocycles. The number of likely N-dealkylation sites (tertiary alicyclic amines) is 1. The standard InChI is InChI=1S/C7H12BNO4/c1-13-6(11)5-2-4(10)3-9(5)7(8)12/h4-5,10H,2-3,8H2,1H3/t4-,5-/m0/s1. The van der Waals surface area contributed by atoms with E-state index in [4.69, 9.17) is 0 Å². The quantitative estimate of drug-likeness (QED) is 0.392. The summed E-state index contributed by atoms with van der Waals surface area (Å²) in [4.78, 5) is 23.5. The number of methoxy groups -OCH3 is 1. The normalized spacial score (nSPS) is 27.4. The molecule has 1 rings (SSSR count). The zero-order chi connectivity index (χ0) is 10.0. The van der Waals surface area contributed by atoms with E-state index in [1.54, 1.807) is 0 Å². The van der Waals surface area contributed by atoms with E-state index in [2.05, 4.69) is 4.74 Å². The highest BCUT2D eigenvalue weighted by molar-refractivity contribution is 6.57. The van der Waals surface area contributed by atoms with Gasteiger partial charge in [-0.3, -0.25) is 4.79 Å². The van der Waals surface area contributed by atoms with Crippen LogP contribution >= 0.6 is 0 Å². The Kier molecular flexibility index (Phi) is 2.92. The first kappa shape index (κ1) is 10.0. The molecule has 0 saturated carbocycles. The van der Waals surface area contributed by atoms with Gasteiger partial charge in [-0.25, -0.2) is 4.79 Å². The molecule has 0 aromatic carbocycles. The van der Waals surface area contributed by atoms with Gasteiger partial charge >= 0.3 is 5.97 Å². The molecule has 0 spiro atoms. The molecule has 1 amide bonds. The molecule has 0 radical (unpaired) electrons. The summed E-state index contributed by atoms with van der Waals surface area (Å²) in [5.74, 6) is -0.682. The number of amides is 1. The van der Waals surface area contributed by atoms with Crippen LogP contribution in [0.4, 0.5) is 4.79 Å². The Morgan fingerprint density at radius 1 is 1.62 bits per heavy atom. The molecule has 1 heterocycles. The van der Waals surface area contributed by atoms with Crippen LogP contribution < -0.4 is 0 Å². The van der Waals surface area contributed by atoms with Gasteiger partial charge in [0.25, 0.3) is 0 Å². The molecule has 13 heavy (non-hydrogen) atoms. The number of aliphatic hydroxyl groups excluding tert-OH is 1. The van der Waals surface area contributed by atoms with Gasteiger partial charge in [0.05, 0.1) is 13.2 Å². The maximum absolute atomic E-state index is 11.1. The Labute approximate surface area is 77.1 Å². The van der Waals surface area contributed by atoms with E-state index in [0.29, 0.717) is 0 Å². The van der Waals surface area contributed by atoms with Crippen molar-refractivity contribution in [2.45, 2.75) is 18.6 Å². The maximum Gasteiger partial charge on any atom is 0.328 e. The molecule has 0 aromatic heterocycles. The van der Waals surface area contributed by atoms with Gasteiger partial charge in [0, 0.05) is 13.0 Å². The van der Waals surface area contributed by atoms with E-state index in [-0.39, 0.29) is 18.8 Å². The molecule has 2 atom stereocenters. The van der Waals surface area contributed by atoms with Crippen LogP contribution in [-0.2, 0) is 9.53 Å². The van der Waals surface area contributed by atoms with E-state index in [9.17, 15) is 14.7 Å². The van der Waals surface area contributed by atoms with E-state index < -0.39 is 18.1 Å². The minimum absolute atomic E-state index is 0.216. The van der Waals surface area contributed by atoms with Crippen LogP contribution in [-0.4, -0.2) is 55.4 Å². The minimum atomic E-state index is -0.618. The molecule has 72 valence electrons. The topological polar surface area (TPSA) is 66.8 Å². The lowest BCUT2D eigenvalue weighted by Gasteiger charge is -2.20. The van der Waals surface area contributed by atoms with E-state index in [1.165, 1.54) is 19.9 Å². The Bertz CT molecular complexity index is 233. The summed E-state index contributed by atoms with van der Waals surface area (Å²) in [7, 11) is 2.64. The number of ether oxygens (including phenoxy) is 1. The van der Waals surface area contributed by atoms with Crippen molar-refractivity contribution in [1.82, 2.24) is 4.90 Å². The van der Waals surface area contributed by atoms with Gasteiger partial charge in [0.15, 0.2) is 5.81 Å². The Morgan fingerprint density at radius 2 is 2.23 bits per heavy atom. The fourth-order valence-electron chi connectivity index (χ4n) is 1.52. The molecule has 5 nitrogen and oxygen atoms in total. The molecular weight excluding hydrogens is 173 g/mol. The SMILES string of the molecule is BC(=O)N1C[C@@H](O)C[C@H]1C(=O)OC. The van der Waals surface area contributed by atoms with Gasteiger partial charge in [-0.2, -0.15) is 0 Å². The Hall–Kier alpha value is -1.04. The molecule has 1 fully saturated rings. The van der Waals surface area contributed by atoms with Crippen LogP contribution in [0.1, 0.15) is 6.42 Å². The van der Waals surface area contributed by atoms with Crippen LogP contribution in [0.3, 0.4) is 0 Å². The fourth-order valence-corrected chi connectivity index (χ4v) is 1.52. The second-order valence-electron chi connectivity index (χ2n) is 3.10. The molecule has 0 unspecified atom stereocenters. The van der Waals surface area contributed by atoms with Gasteiger partial charge in [-0.1, -0.05) is 0 Å². The van der Waals surface area contributed by atoms with Crippen molar-refractivity contribution < 1.29 is 19.4 Å². The zero-order valence-electron chi connectivity index (χ0n) is 7.69. The number of esters is 1. The van der Waals surface area contributed by atoms with E-state index in [1.807, 2.05) is 0 Å². The summed E-state index contributed by atoms with van der Waals surface area (Å²) in [5, 5.41) is 9.26. The van der Waals surface area contributed by atoms with Crippen LogP contribution in [0, 0.1) is 0 Å². The molecule has 1 N–H and O–H groups in total.